The Balaban J connectivity index is 1.64. The number of nitrogens with zero attached hydrogens (tertiary/aromatic N) is 2. The molecule has 0 radical (unpaired) electrons. The molecule has 25 heavy (non-hydrogen) atoms. The van der Waals surface area contributed by atoms with E-state index in [0.29, 0.717) is 6.61 Å². The Morgan fingerprint density at radius 1 is 1.04 bits per heavy atom. The maximum Gasteiger partial charge on any atom is 0.119 e. The minimum absolute atomic E-state index is 0.194. The average Bonchev–Trinajstić information content (AvgIpc) is 2.97. The number of hydrogen-bond donors (Lipinski definition) is 1. The molecule has 0 bridgehead atoms. The third kappa shape index (κ3) is 4.20. The van der Waals surface area contributed by atoms with Crippen molar-refractivity contribution in [3.8, 4) is 5.75 Å². The summed E-state index contributed by atoms with van der Waals surface area (Å²) in [6.07, 6.45) is 2.45. The minimum atomic E-state index is 0.194. The monoisotopic (exact) mass is 338 g/mol. The lowest BCUT2D eigenvalue weighted by atomic mass is 10.1. The van der Waals surface area contributed by atoms with E-state index in [1.54, 1.807) is 0 Å². The SMILES string of the molecule is Cc1ccc(OCCCn2c(CCCO)nc3ccccc32)cc1C. The van der Waals surface area contributed by atoms with Gasteiger partial charge in [0.15, 0.2) is 0 Å². The maximum absolute atomic E-state index is 9.12. The Hall–Kier alpha value is -2.33. The van der Waals surface area contributed by atoms with Crippen molar-refractivity contribution in [3.63, 3.8) is 0 Å². The number of imidazole rings is 1. The summed E-state index contributed by atoms with van der Waals surface area (Å²) in [5.74, 6) is 1.97. The van der Waals surface area contributed by atoms with Gasteiger partial charge in [0.05, 0.1) is 17.6 Å². The molecule has 4 heteroatoms. The molecule has 1 heterocycles. The Morgan fingerprint density at radius 2 is 1.88 bits per heavy atom. The minimum Gasteiger partial charge on any atom is -0.494 e. The van der Waals surface area contributed by atoms with Gasteiger partial charge < -0.3 is 14.4 Å². The standard InChI is InChI=1S/C21H26N2O2/c1-16-10-11-18(15-17(16)2)25-14-6-12-23-20-8-4-3-7-19(20)22-21(23)9-5-13-24/h3-4,7-8,10-11,15,24H,5-6,9,12-14H2,1-2H3. The predicted octanol–water partition coefficient (Wildman–Crippen LogP) is 4.05. The van der Waals surface area contributed by atoms with Crippen molar-refractivity contribution in [2.75, 3.05) is 13.2 Å². The molecule has 3 aromatic rings. The smallest absolute Gasteiger partial charge is 0.119 e. The number of benzene rings is 2. The fourth-order valence-corrected chi connectivity index (χ4v) is 3.02. The molecular formula is C21H26N2O2. The van der Waals surface area contributed by atoms with Crippen LogP contribution in [0.15, 0.2) is 42.5 Å². The normalized spacial score (nSPS) is 11.2. The first-order valence-corrected chi connectivity index (χ1v) is 8.94. The summed E-state index contributed by atoms with van der Waals surface area (Å²) in [5.41, 5.74) is 4.71. The summed E-state index contributed by atoms with van der Waals surface area (Å²) >= 11 is 0. The average molecular weight is 338 g/mol. The second-order valence-corrected chi connectivity index (χ2v) is 6.44. The van der Waals surface area contributed by atoms with E-state index in [4.69, 9.17) is 14.8 Å². The van der Waals surface area contributed by atoms with E-state index in [0.717, 1.165) is 48.4 Å². The molecule has 0 unspecified atom stereocenters. The van der Waals surface area contributed by atoms with Crippen molar-refractivity contribution in [1.82, 2.24) is 9.55 Å². The Bertz CT molecular complexity index is 839. The quantitative estimate of drug-likeness (QED) is 0.630. The molecule has 0 aliphatic carbocycles. The van der Waals surface area contributed by atoms with Crippen molar-refractivity contribution in [1.29, 1.82) is 0 Å². The van der Waals surface area contributed by atoms with Crippen LogP contribution in [0.5, 0.6) is 5.75 Å². The van der Waals surface area contributed by atoms with E-state index < -0.39 is 0 Å². The zero-order chi connectivity index (χ0) is 17.6. The van der Waals surface area contributed by atoms with Crippen LogP contribution in [-0.4, -0.2) is 27.9 Å². The zero-order valence-corrected chi connectivity index (χ0v) is 15.0. The molecular weight excluding hydrogens is 312 g/mol. The van der Waals surface area contributed by atoms with Gasteiger partial charge in [0.1, 0.15) is 11.6 Å². The van der Waals surface area contributed by atoms with E-state index in [2.05, 4.69) is 36.6 Å². The highest BCUT2D eigenvalue weighted by Gasteiger charge is 2.10. The van der Waals surface area contributed by atoms with Gasteiger partial charge in [0.25, 0.3) is 0 Å². The summed E-state index contributed by atoms with van der Waals surface area (Å²) < 4.78 is 8.16. The first-order valence-electron chi connectivity index (χ1n) is 8.94. The van der Waals surface area contributed by atoms with Crippen molar-refractivity contribution in [2.24, 2.45) is 0 Å². The van der Waals surface area contributed by atoms with Gasteiger partial charge in [0.2, 0.25) is 0 Å². The lowest BCUT2D eigenvalue weighted by Crippen LogP contribution is -2.08. The molecule has 0 aliphatic rings. The van der Waals surface area contributed by atoms with Crippen molar-refractivity contribution >= 4 is 11.0 Å². The highest BCUT2D eigenvalue weighted by Crippen LogP contribution is 2.19. The van der Waals surface area contributed by atoms with Crippen LogP contribution in [0.25, 0.3) is 11.0 Å². The van der Waals surface area contributed by atoms with Crippen molar-refractivity contribution in [2.45, 2.75) is 39.7 Å². The molecule has 132 valence electrons. The summed E-state index contributed by atoms with van der Waals surface area (Å²) in [4.78, 5) is 4.72. The predicted molar refractivity (Wildman–Crippen MR) is 101 cm³/mol. The number of aliphatic hydroxyl groups excluding tert-OH is 1. The molecule has 0 saturated carbocycles. The molecule has 1 aromatic heterocycles. The van der Waals surface area contributed by atoms with Gasteiger partial charge in [0, 0.05) is 19.6 Å². The van der Waals surface area contributed by atoms with Crippen LogP contribution in [0.4, 0.5) is 0 Å². The van der Waals surface area contributed by atoms with Crippen molar-refractivity contribution < 1.29 is 9.84 Å². The maximum atomic E-state index is 9.12. The zero-order valence-electron chi connectivity index (χ0n) is 15.0. The van der Waals surface area contributed by atoms with E-state index >= 15 is 0 Å². The number of rotatable bonds is 8. The number of ether oxygens (including phenoxy) is 1. The second kappa shape index (κ2) is 8.17. The highest BCUT2D eigenvalue weighted by atomic mass is 16.5. The summed E-state index contributed by atoms with van der Waals surface area (Å²) in [6, 6.07) is 14.4. The highest BCUT2D eigenvalue weighted by molar-refractivity contribution is 5.75. The molecule has 0 fully saturated rings. The second-order valence-electron chi connectivity index (χ2n) is 6.44. The van der Waals surface area contributed by atoms with Crippen LogP contribution in [0.3, 0.4) is 0 Å². The fraction of sp³-hybridized carbons (Fsp3) is 0.381. The summed E-state index contributed by atoms with van der Waals surface area (Å²) in [7, 11) is 0. The van der Waals surface area contributed by atoms with Crippen LogP contribution < -0.4 is 4.74 Å². The van der Waals surface area contributed by atoms with Gasteiger partial charge in [-0.3, -0.25) is 0 Å². The molecule has 1 N–H and O–H groups in total. The molecule has 3 rings (SSSR count). The fourth-order valence-electron chi connectivity index (χ4n) is 3.02. The first-order chi connectivity index (χ1) is 12.2. The molecule has 0 amide bonds. The molecule has 2 aromatic carbocycles. The van der Waals surface area contributed by atoms with Gasteiger partial charge in [-0.25, -0.2) is 4.98 Å². The topological polar surface area (TPSA) is 47.3 Å². The molecule has 0 saturated heterocycles. The third-order valence-corrected chi connectivity index (χ3v) is 4.57. The van der Waals surface area contributed by atoms with Crippen LogP contribution in [-0.2, 0) is 13.0 Å². The van der Waals surface area contributed by atoms with Crippen LogP contribution >= 0.6 is 0 Å². The van der Waals surface area contributed by atoms with E-state index in [1.165, 1.54) is 11.1 Å². The van der Waals surface area contributed by atoms with Gasteiger partial charge in [-0.05, 0) is 62.1 Å². The molecule has 0 aliphatic heterocycles. The van der Waals surface area contributed by atoms with Crippen LogP contribution in [0.2, 0.25) is 0 Å². The molecule has 0 spiro atoms. The Morgan fingerprint density at radius 3 is 2.68 bits per heavy atom. The lowest BCUT2D eigenvalue weighted by molar-refractivity contribution is 0.285. The number of hydrogen-bond acceptors (Lipinski definition) is 3. The van der Waals surface area contributed by atoms with Crippen molar-refractivity contribution in [3.05, 3.63) is 59.4 Å². The Kier molecular flexibility index (Phi) is 5.71. The number of aromatic nitrogens is 2. The van der Waals surface area contributed by atoms with E-state index in [1.807, 2.05) is 24.3 Å². The molecule has 0 atom stereocenters. The van der Waals surface area contributed by atoms with Gasteiger partial charge >= 0.3 is 0 Å². The van der Waals surface area contributed by atoms with E-state index in [9.17, 15) is 0 Å². The van der Waals surface area contributed by atoms with Gasteiger partial charge in [-0.2, -0.15) is 0 Å². The largest absolute Gasteiger partial charge is 0.494 e. The summed E-state index contributed by atoms with van der Waals surface area (Å²) in [5, 5.41) is 9.12. The molecule has 4 nitrogen and oxygen atoms in total. The Labute approximate surface area is 149 Å². The van der Waals surface area contributed by atoms with Gasteiger partial charge in [-0.1, -0.05) is 18.2 Å². The van der Waals surface area contributed by atoms with E-state index in [-0.39, 0.29) is 6.61 Å². The first kappa shape index (κ1) is 17.5. The van der Waals surface area contributed by atoms with Gasteiger partial charge in [-0.15, -0.1) is 0 Å². The lowest BCUT2D eigenvalue weighted by Gasteiger charge is -2.11. The van der Waals surface area contributed by atoms with Crippen LogP contribution in [0.1, 0.15) is 29.8 Å². The number of fused-ring (bicyclic) bond motifs is 1. The number of aliphatic hydroxyl groups is 1. The number of para-hydroxylation sites is 2. The third-order valence-electron chi connectivity index (χ3n) is 4.57. The van der Waals surface area contributed by atoms with Crippen LogP contribution in [0, 0.1) is 13.8 Å². The summed E-state index contributed by atoms with van der Waals surface area (Å²) in [6.45, 7) is 5.95. The number of aryl methyl sites for hydroxylation is 4.